The minimum absolute atomic E-state index is 0.185. The lowest BCUT2D eigenvalue weighted by molar-refractivity contribution is 0.291. The summed E-state index contributed by atoms with van der Waals surface area (Å²) in [5, 5.41) is 0. The number of nitrogens with zero attached hydrogens (tertiary/aromatic N) is 2. The summed E-state index contributed by atoms with van der Waals surface area (Å²) < 4.78 is 0. The molecule has 2 aromatic carbocycles. The van der Waals surface area contributed by atoms with Crippen molar-refractivity contribution < 1.29 is 0 Å². The first kappa shape index (κ1) is 15.8. The predicted octanol–water partition coefficient (Wildman–Crippen LogP) is 5.06. The molecule has 1 aliphatic rings. The van der Waals surface area contributed by atoms with E-state index in [1.54, 1.807) is 0 Å². The van der Waals surface area contributed by atoms with Crippen molar-refractivity contribution in [3.63, 3.8) is 0 Å². The number of hydrogen-bond acceptors (Lipinski definition) is 2. The van der Waals surface area contributed by atoms with Crippen LogP contribution in [-0.4, -0.2) is 18.3 Å². The number of rotatable bonds is 3. The molecule has 2 nitrogen and oxygen atoms in total. The first-order valence-electron chi connectivity index (χ1n) is 8.39. The van der Waals surface area contributed by atoms with Crippen molar-refractivity contribution in [3.05, 3.63) is 64.7 Å². The van der Waals surface area contributed by atoms with Gasteiger partial charge in [-0.3, -0.25) is 0 Å². The molecule has 1 atom stereocenters. The van der Waals surface area contributed by atoms with E-state index in [1.165, 1.54) is 22.3 Å². The molecule has 0 saturated heterocycles. The van der Waals surface area contributed by atoms with Crippen LogP contribution in [0, 0.1) is 12.8 Å². The van der Waals surface area contributed by atoms with Crippen LogP contribution in [0.25, 0.3) is 0 Å². The average molecular weight is 306 g/mol. The highest BCUT2D eigenvalue weighted by molar-refractivity contribution is 5.72. The molecule has 0 saturated carbocycles. The molecular weight excluding hydrogens is 280 g/mol. The fourth-order valence-electron chi connectivity index (χ4n) is 3.59. The van der Waals surface area contributed by atoms with Crippen molar-refractivity contribution in [3.8, 4) is 0 Å². The van der Waals surface area contributed by atoms with Crippen LogP contribution in [0.2, 0.25) is 0 Å². The summed E-state index contributed by atoms with van der Waals surface area (Å²) in [4.78, 5) is 6.88. The van der Waals surface area contributed by atoms with Crippen molar-refractivity contribution in [1.29, 1.82) is 0 Å². The van der Waals surface area contributed by atoms with Crippen LogP contribution in [0.15, 0.2) is 47.5 Å². The van der Waals surface area contributed by atoms with Gasteiger partial charge in [-0.2, -0.15) is 0 Å². The molecule has 1 unspecified atom stereocenters. The van der Waals surface area contributed by atoms with Crippen LogP contribution in [-0.2, 0) is 12.0 Å². The largest absolute Gasteiger partial charge is 0.352 e. The summed E-state index contributed by atoms with van der Waals surface area (Å²) in [5.74, 6) is 0.655. The third-order valence-electron chi connectivity index (χ3n) is 4.97. The Morgan fingerprint density at radius 2 is 1.83 bits per heavy atom. The Bertz CT molecular complexity index is 745. The van der Waals surface area contributed by atoms with Crippen molar-refractivity contribution in [2.75, 3.05) is 7.05 Å². The smallest absolute Gasteiger partial charge is 0.0919 e. The van der Waals surface area contributed by atoms with Crippen molar-refractivity contribution in [2.24, 2.45) is 10.9 Å². The van der Waals surface area contributed by atoms with Gasteiger partial charge in [-0.25, -0.2) is 4.99 Å². The lowest BCUT2D eigenvalue weighted by atomic mass is 9.79. The van der Waals surface area contributed by atoms with Gasteiger partial charge in [0.25, 0.3) is 0 Å². The van der Waals surface area contributed by atoms with E-state index in [2.05, 4.69) is 87.1 Å². The second-order valence-electron chi connectivity index (χ2n) is 7.19. The molecule has 2 heteroatoms. The Morgan fingerprint density at radius 1 is 1.09 bits per heavy atom. The van der Waals surface area contributed by atoms with Crippen LogP contribution in [0.5, 0.6) is 0 Å². The van der Waals surface area contributed by atoms with Crippen LogP contribution in [0.3, 0.4) is 0 Å². The Hall–Kier alpha value is -2.09. The van der Waals surface area contributed by atoms with E-state index < -0.39 is 0 Å². The van der Waals surface area contributed by atoms with Crippen LogP contribution >= 0.6 is 0 Å². The molecule has 0 radical (unpaired) electrons. The third-order valence-corrected chi connectivity index (χ3v) is 4.97. The molecule has 1 heterocycles. The lowest BCUT2D eigenvalue weighted by Gasteiger charge is -2.43. The summed E-state index contributed by atoms with van der Waals surface area (Å²) in [6.07, 6.45) is 3.06. The molecule has 23 heavy (non-hydrogen) atoms. The second-order valence-corrected chi connectivity index (χ2v) is 7.19. The van der Waals surface area contributed by atoms with Gasteiger partial charge in [0.1, 0.15) is 0 Å². The quantitative estimate of drug-likeness (QED) is 0.773. The summed E-state index contributed by atoms with van der Waals surface area (Å²) in [6.45, 7) is 9.03. The average Bonchev–Trinajstić information content (AvgIpc) is 2.51. The Balaban J connectivity index is 2.19. The summed E-state index contributed by atoms with van der Waals surface area (Å²) in [6, 6.07) is 15.4. The molecule has 0 fully saturated rings. The molecule has 0 N–H and O–H groups in total. The van der Waals surface area contributed by atoms with E-state index in [9.17, 15) is 0 Å². The Morgan fingerprint density at radius 3 is 2.52 bits per heavy atom. The van der Waals surface area contributed by atoms with E-state index in [4.69, 9.17) is 0 Å². The van der Waals surface area contributed by atoms with Crippen molar-refractivity contribution >= 4 is 12.0 Å². The molecule has 120 valence electrons. The first-order chi connectivity index (χ1) is 10.9. The topological polar surface area (TPSA) is 15.6 Å². The first-order valence-corrected chi connectivity index (χ1v) is 8.39. The summed E-state index contributed by atoms with van der Waals surface area (Å²) >= 11 is 0. The summed E-state index contributed by atoms with van der Waals surface area (Å²) in [7, 11) is 2.12. The third kappa shape index (κ3) is 2.67. The van der Waals surface area contributed by atoms with Crippen LogP contribution in [0.4, 0.5) is 5.69 Å². The van der Waals surface area contributed by atoms with Crippen LogP contribution < -0.4 is 0 Å². The van der Waals surface area contributed by atoms with Gasteiger partial charge in [0.2, 0.25) is 0 Å². The Labute approximate surface area is 139 Å². The molecule has 0 aromatic heterocycles. The number of hydrogen-bond donors (Lipinski definition) is 0. The Kier molecular flexibility index (Phi) is 4.01. The molecular formula is C21H26N2. The molecule has 0 aliphatic carbocycles. The number of aryl methyl sites for hydroxylation is 1. The maximum Gasteiger partial charge on any atom is 0.0919 e. The normalized spacial score (nSPS) is 20.0. The highest BCUT2D eigenvalue weighted by Crippen LogP contribution is 2.43. The van der Waals surface area contributed by atoms with E-state index in [-0.39, 0.29) is 5.54 Å². The SMILES string of the molecule is Cc1ccccc1C1(C)c2cc(CC(C)C)ccc2N=CN1C. The van der Waals surface area contributed by atoms with Gasteiger partial charge in [-0.1, -0.05) is 50.2 Å². The molecule has 0 spiro atoms. The molecule has 1 aliphatic heterocycles. The van der Waals surface area contributed by atoms with Gasteiger partial charge in [0.05, 0.1) is 17.6 Å². The molecule has 3 rings (SSSR count). The number of fused-ring (bicyclic) bond motifs is 1. The standard InChI is InChI=1S/C21H26N2/c1-15(2)12-17-10-11-20-19(13-17)21(4,23(5)14-22-20)18-9-7-6-8-16(18)3/h6-11,13-15H,12H2,1-5H3. The molecule has 2 aromatic rings. The van der Waals surface area contributed by atoms with E-state index in [1.807, 2.05) is 6.34 Å². The zero-order valence-electron chi connectivity index (χ0n) is 14.8. The van der Waals surface area contributed by atoms with Crippen molar-refractivity contribution in [1.82, 2.24) is 4.90 Å². The van der Waals surface area contributed by atoms with Crippen LogP contribution in [0.1, 0.15) is 43.0 Å². The number of aliphatic imine (C=N–C) groups is 1. The highest BCUT2D eigenvalue weighted by atomic mass is 15.2. The highest BCUT2D eigenvalue weighted by Gasteiger charge is 2.37. The second kappa shape index (κ2) is 5.84. The monoisotopic (exact) mass is 306 g/mol. The van der Waals surface area contributed by atoms with Gasteiger partial charge in [0.15, 0.2) is 0 Å². The van der Waals surface area contributed by atoms with Gasteiger partial charge in [0, 0.05) is 12.6 Å². The van der Waals surface area contributed by atoms with E-state index >= 15 is 0 Å². The fraction of sp³-hybridized carbons (Fsp3) is 0.381. The van der Waals surface area contributed by atoms with Crippen molar-refractivity contribution in [2.45, 2.75) is 39.7 Å². The maximum atomic E-state index is 4.65. The zero-order valence-corrected chi connectivity index (χ0v) is 14.8. The molecule has 0 bridgehead atoms. The van der Waals surface area contributed by atoms with E-state index in [0.717, 1.165) is 12.1 Å². The minimum atomic E-state index is -0.185. The van der Waals surface area contributed by atoms with Gasteiger partial charge in [-0.05, 0) is 48.9 Å². The minimum Gasteiger partial charge on any atom is -0.352 e. The fourth-order valence-corrected chi connectivity index (χ4v) is 3.59. The van der Waals surface area contributed by atoms with Gasteiger partial charge >= 0.3 is 0 Å². The zero-order chi connectivity index (χ0) is 16.6. The summed E-state index contributed by atoms with van der Waals surface area (Å²) in [5.41, 5.74) is 6.25. The molecule has 0 amide bonds. The predicted molar refractivity (Wildman–Crippen MR) is 98.5 cm³/mol. The number of benzene rings is 2. The van der Waals surface area contributed by atoms with Gasteiger partial charge < -0.3 is 4.90 Å². The lowest BCUT2D eigenvalue weighted by Crippen LogP contribution is -2.43. The van der Waals surface area contributed by atoms with Gasteiger partial charge in [-0.15, -0.1) is 0 Å². The maximum absolute atomic E-state index is 4.65. The van der Waals surface area contributed by atoms with E-state index in [0.29, 0.717) is 5.92 Å².